The van der Waals surface area contributed by atoms with Crippen molar-refractivity contribution in [3.05, 3.63) is 109 Å². The lowest BCUT2D eigenvalue weighted by atomic mass is 10.1. The summed E-state index contributed by atoms with van der Waals surface area (Å²) < 4.78 is 31.9. The Morgan fingerprint density at radius 3 is 1.20 bits per heavy atom. The Bertz CT molecular complexity index is 1860. The van der Waals surface area contributed by atoms with Crippen LogP contribution in [0, 0.1) is 6.92 Å². The second kappa shape index (κ2) is 29.2. The van der Waals surface area contributed by atoms with E-state index in [0.717, 1.165) is 103 Å². The molecule has 0 N–H and O–H groups in total. The predicted octanol–water partition coefficient (Wildman–Crippen LogP) is 10.7. The van der Waals surface area contributed by atoms with E-state index in [1.165, 1.54) is 48.6 Å². The van der Waals surface area contributed by atoms with E-state index in [2.05, 4.69) is 13.2 Å². The van der Waals surface area contributed by atoms with Crippen LogP contribution in [-0.4, -0.2) is 49.0 Å². The van der Waals surface area contributed by atoms with Crippen molar-refractivity contribution >= 4 is 35.8 Å². The van der Waals surface area contributed by atoms with E-state index in [0.29, 0.717) is 43.1 Å². The van der Waals surface area contributed by atoms with E-state index in [1.54, 1.807) is 37.3 Å². The SMILES string of the molecule is C=CC(=O)OCCCCCCCCCCC(=O)Oc1ccc(C(=O)Oc2ccc(OC(=O)c3ccc(OC(=O)CCCCCCCCCCOC(=O)C=C)cc3)c(C)c2)cc1. The van der Waals surface area contributed by atoms with Crippen molar-refractivity contribution in [3.63, 3.8) is 0 Å². The zero-order valence-electron chi connectivity index (χ0n) is 35.5. The van der Waals surface area contributed by atoms with E-state index in [-0.39, 0.29) is 46.5 Å². The van der Waals surface area contributed by atoms with Gasteiger partial charge >= 0.3 is 35.8 Å². The summed E-state index contributed by atoms with van der Waals surface area (Å²) in [4.78, 5) is 72.4. The smallest absolute Gasteiger partial charge is 0.343 e. The molecule has 0 bridgehead atoms. The summed E-state index contributed by atoms with van der Waals surface area (Å²) in [5.74, 6) is -1.44. The van der Waals surface area contributed by atoms with Crippen LogP contribution < -0.4 is 18.9 Å². The fourth-order valence-electron chi connectivity index (χ4n) is 6.14. The molecule has 328 valence electrons. The van der Waals surface area contributed by atoms with E-state index in [9.17, 15) is 28.8 Å². The van der Waals surface area contributed by atoms with Crippen molar-refractivity contribution in [1.29, 1.82) is 0 Å². The fourth-order valence-corrected chi connectivity index (χ4v) is 6.14. The molecule has 0 fully saturated rings. The van der Waals surface area contributed by atoms with Gasteiger partial charge in [-0.25, -0.2) is 19.2 Å². The highest BCUT2D eigenvalue weighted by Gasteiger charge is 2.15. The molecule has 0 aliphatic carbocycles. The molecule has 0 radical (unpaired) electrons. The molecule has 0 aliphatic rings. The number of hydrogen-bond acceptors (Lipinski definition) is 12. The number of rotatable bonds is 30. The maximum absolute atomic E-state index is 12.9. The Balaban J connectivity index is 1.29. The van der Waals surface area contributed by atoms with Crippen LogP contribution in [0.5, 0.6) is 23.0 Å². The second-order valence-corrected chi connectivity index (χ2v) is 14.6. The van der Waals surface area contributed by atoms with Crippen molar-refractivity contribution in [3.8, 4) is 23.0 Å². The van der Waals surface area contributed by atoms with Crippen molar-refractivity contribution in [2.75, 3.05) is 13.2 Å². The maximum atomic E-state index is 12.9. The fraction of sp³-hybridized carbons (Fsp3) is 0.429. The molecular formula is C49H60O12. The number of carbonyl (C=O) groups excluding carboxylic acids is 6. The van der Waals surface area contributed by atoms with Crippen LogP contribution in [0.1, 0.15) is 142 Å². The van der Waals surface area contributed by atoms with Crippen LogP contribution in [0.3, 0.4) is 0 Å². The molecule has 12 heteroatoms. The third-order valence-electron chi connectivity index (χ3n) is 9.58. The molecule has 61 heavy (non-hydrogen) atoms. The number of aryl methyl sites for hydroxylation is 1. The Kier molecular flexibility index (Phi) is 23.6. The summed E-state index contributed by atoms with van der Waals surface area (Å²) in [7, 11) is 0. The molecule has 0 atom stereocenters. The summed E-state index contributed by atoms with van der Waals surface area (Å²) in [6.45, 7) is 9.30. The highest BCUT2D eigenvalue weighted by atomic mass is 16.6. The highest BCUT2D eigenvalue weighted by molar-refractivity contribution is 5.92. The van der Waals surface area contributed by atoms with Gasteiger partial charge in [-0.2, -0.15) is 0 Å². The van der Waals surface area contributed by atoms with Gasteiger partial charge < -0.3 is 28.4 Å². The number of carbonyl (C=O) groups is 6. The number of hydrogen-bond donors (Lipinski definition) is 0. The molecule has 0 amide bonds. The molecule has 3 aromatic carbocycles. The number of esters is 6. The van der Waals surface area contributed by atoms with Crippen molar-refractivity contribution in [1.82, 2.24) is 0 Å². The van der Waals surface area contributed by atoms with Crippen LogP contribution in [-0.2, 0) is 28.7 Å². The van der Waals surface area contributed by atoms with Gasteiger partial charge in [0.1, 0.15) is 23.0 Å². The summed E-state index contributed by atoms with van der Waals surface area (Å²) in [5.41, 5.74) is 1.10. The van der Waals surface area contributed by atoms with Gasteiger partial charge in [-0.05, 0) is 105 Å². The number of unbranched alkanes of at least 4 members (excludes halogenated alkanes) is 14. The molecule has 0 saturated heterocycles. The van der Waals surface area contributed by atoms with Gasteiger partial charge in [0, 0.05) is 25.0 Å². The third kappa shape index (κ3) is 21.2. The predicted molar refractivity (Wildman–Crippen MR) is 231 cm³/mol. The second-order valence-electron chi connectivity index (χ2n) is 14.6. The molecule has 0 aromatic heterocycles. The molecule has 0 heterocycles. The lowest BCUT2D eigenvalue weighted by Crippen LogP contribution is -2.11. The van der Waals surface area contributed by atoms with E-state index in [4.69, 9.17) is 28.4 Å². The van der Waals surface area contributed by atoms with Gasteiger partial charge in [0.15, 0.2) is 0 Å². The summed E-state index contributed by atoms with van der Waals surface area (Å²) in [5, 5.41) is 0. The molecular weight excluding hydrogens is 781 g/mol. The average Bonchev–Trinajstić information content (AvgIpc) is 3.25. The lowest BCUT2D eigenvalue weighted by Gasteiger charge is -2.11. The Morgan fingerprint density at radius 1 is 0.443 bits per heavy atom. The summed E-state index contributed by atoms with van der Waals surface area (Å²) in [6.07, 6.45) is 18.5. The lowest BCUT2D eigenvalue weighted by molar-refractivity contribution is -0.138. The van der Waals surface area contributed by atoms with Crippen LogP contribution in [0.2, 0.25) is 0 Å². The van der Waals surface area contributed by atoms with Gasteiger partial charge in [0.25, 0.3) is 0 Å². The van der Waals surface area contributed by atoms with Gasteiger partial charge in [-0.3, -0.25) is 9.59 Å². The topological polar surface area (TPSA) is 158 Å². The summed E-state index contributed by atoms with van der Waals surface area (Å²) >= 11 is 0. The van der Waals surface area contributed by atoms with Gasteiger partial charge in [0.2, 0.25) is 0 Å². The minimum atomic E-state index is -0.607. The zero-order chi connectivity index (χ0) is 44.1. The Hall–Kier alpha value is -6.04. The van der Waals surface area contributed by atoms with Crippen LogP contribution in [0.25, 0.3) is 0 Å². The summed E-state index contributed by atoms with van der Waals surface area (Å²) in [6, 6.07) is 16.9. The van der Waals surface area contributed by atoms with Gasteiger partial charge in [-0.15, -0.1) is 0 Å². The van der Waals surface area contributed by atoms with Crippen molar-refractivity contribution < 1.29 is 57.2 Å². The van der Waals surface area contributed by atoms with Crippen LogP contribution >= 0.6 is 0 Å². The van der Waals surface area contributed by atoms with Crippen LogP contribution in [0.15, 0.2) is 92.0 Å². The minimum absolute atomic E-state index is 0.257. The monoisotopic (exact) mass is 840 g/mol. The van der Waals surface area contributed by atoms with Crippen LogP contribution in [0.4, 0.5) is 0 Å². The first kappa shape index (κ1) is 49.3. The quantitative estimate of drug-likeness (QED) is 0.0271. The standard InChI is InChI=1S/C49H60O12/c1-4-44(50)56-34-20-16-12-8-6-10-14-18-22-46(52)58-40-28-24-38(25-29-40)48(54)60-42-32-33-43(37(3)36-42)61-49(55)39-26-30-41(31-27-39)59-47(53)23-19-15-11-7-9-13-17-21-35-57-45(51)5-2/h4-5,24-33,36H,1-2,6-23,34-35H2,3H3. The Labute approximate surface area is 359 Å². The molecule has 3 rings (SSSR count). The normalized spacial score (nSPS) is 10.6. The van der Waals surface area contributed by atoms with Crippen molar-refractivity contribution in [2.45, 2.75) is 122 Å². The first-order chi connectivity index (χ1) is 29.6. The molecule has 0 aliphatic heterocycles. The average molecular weight is 841 g/mol. The Morgan fingerprint density at radius 2 is 0.803 bits per heavy atom. The molecule has 12 nitrogen and oxygen atoms in total. The van der Waals surface area contributed by atoms with E-state index < -0.39 is 11.9 Å². The maximum Gasteiger partial charge on any atom is 0.343 e. The molecule has 0 saturated carbocycles. The molecule has 0 spiro atoms. The zero-order valence-corrected chi connectivity index (χ0v) is 35.5. The number of benzene rings is 3. The van der Waals surface area contributed by atoms with Gasteiger partial charge in [0.05, 0.1) is 24.3 Å². The van der Waals surface area contributed by atoms with Gasteiger partial charge in [-0.1, -0.05) is 90.2 Å². The largest absolute Gasteiger partial charge is 0.463 e. The van der Waals surface area contributed by atoms with Crippen molar-refractivity contribution in [2.24, 2.45) is 0 Å². The first-order valence-electron chi connectivity index (χ1n) is 21.3. The third-order valence-corrected chi connectivity index (χ3v) is 9.58. The number of ether oxygens (including phenoxy) is 6. The first-order valence-corrected chi connectivity index (χ1v) is 21.3. The van der Waals surface area contributed by atoms with E-state index in [1.807, 2.05) is 0 Å². The highest BCUT2D eigenvalue weighted by Crippen LogP contribution is 2.26. The minimum Gasteiger partial charge on any atom is -0.463 e. The molecule has 3 aromatic rings. The van der Waals surface area contributed by atoms with E-state index >= 15 is 0 Å². The molecule has 0 unspecified atom stereocenters.